The number of nitrogens with zero attached hydrogens (tertiary/aromatic N) is 2. The number of hydrogen-bond donors (Lipinski definition) is 0. The lowest BCUT2D eigenvalue weighted by atomic mass is 10.1. The van der Waals surface area contributed by atoms with Crippen LogP contribution in [0.5, 0.6) is 0 Å². The van der Waals surface area contributed by atoms with Crippen LogP contribution in [-0.2, 0) is 14.3 Å². The smallest absolute Gasteiger partial charge is 0.410 e. The van der Waals surface area contributed by atoms with Crippen molar-refractivity contribution < 1.29 is 32.2 Å². The molecule has 0 aromatic carbocycles. The third kappa shape index (κ3) is 6.25. The Labute approximate surface area is 133 Å². The van der Waals surface area contributed by atoms with Crippen LogP contribution in [0, 0.1) is 0 Å². The maximum Gasteiger partial charge on any atom is 0.410 e. The van der Waals surface area contributed by atoms with Gasteiger partial charge >= 0.3 is 18.2 Å². The van der Waals surface area contributed by atoms with E-state index >= 15 is 0 Å². The van der Waals surface area contributed by atoms with E-state index in [1.165, 1.54) is 0 Å². The van der Waals surface area contributed by atoms with Crippen LogP contribution >= 0.6 is 0 Å². The Morgan fingerprint density at radius 2 is 1.78 bits per heavy atom. The molecule has 1 saturated heterocycles. The molecule has 0 unspecified atom stereocenters. The van der Waals surface area contributed by atoms with E-state index in [1.54, 1.807) is 27.7 Å². The van der Waals surface area contributed by atoms with Crippen molar-refractivity contribution in [1.82, 2.24) is 9.80 Å². The molecule has 23 heavy (non-hydrogen) atoms. The molecule has 0 spiro atoms. The highest BCUT2D eigenvalue weighted by atomic mass is 19.4. The normalized spacial score (nSPS) is 20.3. The van der Waals surface area contributed by atoms with Gasteiger partial charge in [-0.25, -0.2) is 4.79 Å². The summed E-state index contributed by atoms with van der Waals surface area (Å²) >= 11 is 0. The topological polar surface area (TPSA) is 59.1 Å². The maximum atomic E-state index is 13.2. The zero-order chi connectivity index (χ0) is 17.8. The molecule has 1 aliphatic heterocycles. The number of esters is 1. The van der Waals surface area contributed by atoms with Crippen LogP contribution in [0.25, 0.3) is 0 Å². The zero-order valence-electron chi connectivity index (χ0n) is 13.8. The first kappa shape index (κ1) is 19.5. The van der Waals surface area contributed by atoms with Crippen LogP contribution in [0.3, 0.4) is 0 Å². The van der Waals surface area contributed by atoms with E-state index in [9.17, 15) is 22.8 Å². The lowest BCUT2D eigenvalue weighted by molar-refractivity contribution is -0.197. The summed E-state index contributed by atoms with van der Waals surface area (Å²) in [6.07, 6.45) is -5.35. The Bertz CT molecular complexity index is 435. The maximum absolute atomic E-state index is 13.2. The van der Waals surface area contributed by atoms with Crippen molar-refractivity contribution >= 4 is 12.1 Å². The predicted molar refractivity (Wildman–Crippen MR) is 75.9 cm³/mol. The fraction of sp³-hybridized carbons (Fsp3) is 0.857. The van der Waals surface area contributed by atoms with Crippen LogP contribution in [0.2, 0.25) is 0 Å². The van der Waals surface area contributed by atoms with E-state index in [2.05, 4.69) is 0 Å². The number of amides is 1. The Morgan fingerprint density at radius 3 is 2.26 bits per heavy atom. The molecule has 0 saturated carbocycles. The molecule has 0 aromatic rings. The van der Waals surface area contributed by atoms with Gasteiger partial charge < -0.3 is 14.4 Å². The molecule has 0 bridgehead atoms. The van der Waals surface area contributed by atoms with Crippen molar-refractivity contribution in [2.45, 2.75) is 45.5 Å². The summed E-state index contributed by atoms with van der Waals surface area (Å²) in [5.74, 6) is -0.715. The highest BCUT2D eigenvalue weighted by Crippen LogP contribution is 2.28. The van der Waals surface area contributed by atoms with Gasteiger partial charge in [0, 0.05) is 19.6 Å². The minimum atomic E-state index is -4.56. The van der Waals surface area contributed by atoms with Crippen LogP contribution in [0.1, 0.15) is 27.7 Å². The largest absolute Gasteiger partial charge is 0.465 e. The van der Waals surface area contributed by atoms with Gasteiger partial charge in [-0.05, 0) is 27.7 Å². The molecular formula is C14H23F3N2O4. The summed E-state index contributed by atoms with van der Waals surface area (Å²) in [7, 11) is 0. The first-order chi connectivity index (χ1) is 10.4. The lowest BCUT2D eigenvalue weighted by Crippen LogP contribution is -2.61. The summed E-state index contributed by atoms with van der Waals surface area (Å²) < 4.78 is 49.5. The van der Waals surface area contributed by atoms with Crippen molar-refractivity contribution in [3.05, 3.63) is 0 Å². The first-order valence-corrected chi connectivity index (χ1v) is 7.38. The minimum absolute atomic E-state index is 0.0564. The van der Waals surface area contributed by atoms with E-state index in [4.69, 9.17) is 9.47 Å². The molecule has 0 aromatic heterocycles. The first-order valence-electron chi connectivity index (χ1n) is 7.38. The Balaban J connectivity index is 2.78. The number of halogens is 3. The third-order valence-corrected chi connectivity index (χ3v) is 3.16. The van der Waals surface area contributed by atoms with Gasteiger partial charge in [0.2, 0.25) is 0 Å². The molecule has 9 heteroatoms. The molecule has 1 atom stereocenters. The SMILES string of the molecule is CCOC(=O)CN1CCN(C(=O)OC(C)(C)C)C[C@@H]1C(F)(F)F. The van der Waals surface area contributed by atoms with Crippen molar-refractivity contribution in [2.24, 2.45) is 0 Å². The lowest BCUT2D eigenvalue weighted by Gasteiger charge is -2.41. The van der Waals surface area contributed by atoms with Crippen molar-refractivity contribution in [2.75, 3.05) is 32.8 Å². The number of carbonyl (C=O) groups excluding carboxylic acids is 2. The van der Waals surface area contributed by atoms with Gasteiger partial charge in [0.25, 0.3) is 0 Å². The number of piperazine rings is 1. The van der Waals surface area contributed by atoms with Crippen molar-refractivity contribution in [3.8, 4) is 0 Å². The standard InChI is InChI=1S/C14H23F3N2O4/c1-5-22-11(20)9-18-6-7-19(8-10(18)14(15,16)17)12(21)23-13(2,3)4/h10H,5-9H2,1-4H3/t10-/m1/s1. The van der Waals surface area contributed by atoms with E-state index in [-0.39, 0.29) is 19.7 Å². The Kier molecular flexibility index (Phi) is 6.26. The van der Waals surface area contributed by atoms with Gasteiger partial charge in [-0.2, -0.15) is 13.2 Å². The zero-order valence-corrected chi connectivity index (χ0v) is 13.8. The van der Waals surface area contributed by atoms with Gasteiger partial charge in [-0.3, -0.25) is 9.69 Å². The van der Waals surface area contributed by atoms with Crippen LogP contribution < -0.4 is 0 Å². The second-order valence-electron chi connectivity index (χ2n) is 6.26. The van der Waals surface area contributed by atoms with Gasteiger partial charge in [-0.15, -0.1) is 0 Å². The van der Waals surface area contributed by atoms with Gasteiger partial charge in [0.1, 0.15) is 11.6 Å². The molecule has 1 rings (SSSR count). The quantitative estimate of drug-likeness (QED) is 0.736. The monoisotopic (exact) mass is 340 g/mol. The fourth-order valence-corrected chi connectivity index (χ4v) is 2.19. The van der Waals surface area contributed by atoms with Crippen molar-refractivity contribution in [1.29, 1.82) is 0 Å². The van der Waals surface area contributed by atoms with Crippen LogP contribution in [0.4, 0.5) is 18.0 Å². The molecular weight excluding hydrogens is 317 g/mol. The number of hydrogen-bond acceptors (Lipinski definition) is 5. The van der Waals surface area contributed by atoms with Gasteiger partial charge in [0.05, 0.1) is 13.2 Å². The molecule has 1 heterocycles. The molecule has 0 aliphatic carbocycles. The number of alkyl halides is 3. The van der Waals surface area contributed by atoms with Crippen molar-refractivity contribution in [3.63, 3.8) is 0 Å². The number of rotatable bonds is 3. The van der Waals surface area contributed by atoms with E-state index in [1.807, 2.05) is 0 Å². The molecule has 6 nitrogen and oxygen atoms in total. The minimum Gasteiger partial charge on any atom is -0.465 e. The predicted octanol–water partition coefficient (Wildman–Crippen LogP) is 2.03. The highest BCUT2D eigenvalue weighted by molar-refractivity contribution is 5.72. The average molecular weight is 340 g/mol. The summed E-state index contributed by atoms with van der Waals surface area (Å²) in [6, 6.07) is -1.92. The number of ether oxygens (including phenoxy) is 2. The molecule has 1 fully saturated rings. The second-order valence-corrected chi connectivity index (χ2v) is 6.26. The Morgan fingerprint density at radius 1 is 1.17 bits per heavy atom. The van der Waals surface area contributed by atoms with Gasteiger partial charge in [0.15, 0.2) is 0 Å². The van der Waals surface area contributed by atoms with E-state index in [0.29, 0.717) is 0 Å². The number of carbonyl (C=O) groups is 2. The second kappa shape index (κ2) is 7.37. The van der Waals surface area contributed by atoms with Crippen LogP contribution in [0.15, 0.2) is 0 Å². The summed E-state index contributed by atoms with van der Waals surface area (Å²) in [4.78, 5) is 25.4. The van der Waals surface area contributed by atoms with Crippen LogP contribution in [-0.4, -0.2) is 72.5 Å². The van der Waals surface area contributed by atoms with Gasteiger partial charge in [-0.1, -0.05) is 0 Å². The Hall–Kier alpha value is -1.51. The van der Waals surface area contributed by atoms with E-state index < -0.39 is 43.0 Å². The molecule has 1 aliphatic rings. The fourth-order valence-electron chi connectivity index (χ4n) is 2.19. The molecule has 134 valence electrons. The average Bonchev–Trinajstić information content (AvgIpc) is 2.35. The molecule has 0 N–H and O–H groups in total. The van der Waals surface area contributed by atoms with E-state index in [0.717, 1.165) is 9.80 Å². The molecule has 1 amide bonds. The summed E-state index contributed by atoms with van der Waals surface area (Å²) in [6.45, 7) is 5.56. The third-order valence-electron chi connectivity index (χ3n) is 3.16. The molecule has 0 radical (unpaired) electrons. The summed E-state index contributed by atoms with van der Waals surface area (Å²) in [5, 5.41) is 0. The highest BCUT2D eigenvalue weighted by Gasteiger charge is 2.48. The summed E-state index contributed by atoms with van der Waals surface area (Å²) in [5.41, 5.74) is -0.785.